The van der Waals surface area contributed by atoms with Gasteiger partial charge in [-0.1, -0.05) is 26.0 Å². The fourth-order valence-corrected chi connectivity index (χ4v) is 3.12. The lowest BCUT2D eigenvalue weighted by Gasteiger charge is -2.15. The molecule has 0 amide bonds. The van der Waals surface area contributed by atoms with E-state index in [-0.39, 0.29) is 5.78 Å². The topological polar surface area (TPSA) is 30.0 Å². The maximum atomic E-state index is 11.5. The van der Waals surface area contributed by atoms with Crippen molar-refractivity contribution < 1.29 is 4.79 Å². The molecule has 0 fully saturated rings. The quantitative estimate of drug-likeness (QED) is 0.782. The second kappa shape index (κ2) is 4.39. The molecule has 1 aromatic carbocycles. The monoisotopic (exact) mass is 257 g/mol. The fourth-order valence-electron chi connectivity index (χ4n) is 2.21. The van der Waals surface area contributed by atoms with Crippen LogP contribution in [0.4, 0.5) is 0 Å². The van der Waals surface area contributed by atoms with Gasteiger partial charge in [0.05, 0.1) is 23.4 Å². The number of carbonyl (C=O) groups is 1. The Kier molecular flexibility index (Phi) is 2.86. The minimum atomic E-state index is 0.277. The van der Waals surface area contributed by atoms with Crippen molar-refractivity contribution >= 4 is 28.4 Å². The summed E-state index contributed by atoms with van der Waals surface area (Å²) < 4.78 is 0. The van der Waals surface area contributed by atoms with Gasteiger partial charge in [-0.2, -0.15) is 0 Å². The number of thioether (sulfide) groups is 1. The normalized spacial score (nSPS) is 15.2. The largest absolute Gasteiger partial charge is 0.298 e. The van der Waals surface area contributed by atoms with Gasteiger partial charge in [0.1, 0.15) is 5.78 Å². The molecule has 3 rings (SSSR count). The number of Topliss-reactive ketones (excluding diaryl/α,β-unsaturated/α-hetero) is 1. The van der Waals surface area contributed by atoms with E-state index in [0.717, 1.165) is 11.2 Å². The lowest BCUT2D eigenvalue weighted by Crippen LogP contribution is -2.13. The van der Waals surface area contributed by atoms with Gasteiger partial charge in [0.2, 0.25) is 0 Å². The van der Waals surface area contributed by atoms with E-state index in [1.165, 1.54) is 15.8 Å². The zero-order valence-corrected chi connectivity index (χ0v) is 11.4. The number of carbonyl (C=O) groups excluding carboxylic acids is 1. The summed E-state index contributed by atoms with van der Waals surface area (Å²) in [5.41, 5.74) is 3.25. The first-order valence-electron chi connectivity index (χ1n) is 6.21. The van der Waals surface area contributed by atoms with E-state index in [0.29, 0.717) is 18.1 Å². The van der Waals surface area contributed by atoms with E-state index >= 15 is 0 Å². The number of hydrogen-bond donors (Lipinski definition) is 0. The maximum absolute atomic E-state index is 11.5. The molecular weight excluding hydrogens is 242 g/mol. The summed E-state index contributed by atoms with van der Waals surface area (Å²) in [7, 11) is 0. The SMILES string of the molecule is CC(C)c1ccc2cc3c(nc2c1)CC(=O)CS3. The first-order valence-corrected chi connectivity index (χ1v) is 7.20. The van der Waals surface area contributed by atoms with Crippen LogP contribution in [0.1, 0.15) is 31.0 Å². The average Bonchev–Trinajstić information content (AvgIpc) is 2.35. The van der Waals surface area contributed by atoms with Crippen LogP contribution in [-0.2, 0) is 11.2 Å². The van der Waals surface area contributed by atoms with Gasteiger partial charge in [0, 0.05) is 10.3 Å². The lowest BCUT2D eigenvalue weighted by molar-refractivity contribution is -0.116. The minimum Gasteiger partial charge on any atom is -0.298 e. The molecule has 1 aliphatic rings. The van der Waals surface area contributed by atoms with Crippen molar-refractivity contribution in [2.24, 2.45) is 0 Å². The van der Waals surface area contributed by atoms with Crippen molar-refractivity contribution in [2.75, 3.05) is 5.75 Å². The van der Waals surface area contributed by atoms with E-state index in [1.54, 1.807) is 11.8 Å². The van der Waals surface area contributed by atoms with Crippen molar-refractivity contribution in [1.29, 1.82) is 0 Å². The van der Waals surface area contributed by atoms with Crippen LogP contribution in [0.15, 0.2) is 29.2 Å². The van der Waals surface area contributed by atoms with Crippen LogP contribution in [0.3, 0.4) is 0 Å². The van der Waals surface area contributed by atoms with E-state index < -0.39 is 0 Å². The van der Waals surface area contributed by atoms with E-state index in [2.05, 4.69) is 43.1 Å². The highest BCUT2D eigenvalue weighted by molar-refractivity contribution is 8.00. The highest BCUT2D eigenvalue weighted by Crippen LogP contribution is 2.31. The highest BCUT2D eigenvalue weighted by Gasteiger charge is 2.18. The summed E-state index contributed by atoms with van der Waals surface area (Å²) in [6.07, 6.45) is 0.490. The molecule has 2 aromatic rings. The lowest BCUT2D eigenvalue weighted by atomic mass is 10.0. The Morgan fingerprint density at radius 1 is 1.28 bits per heavy atom. The Balaban J connectivity index is 2.16. The molecule has 0 saturated carbocycles. The number of hydrogen-bond acceptors (Lipinski definition) is 3. The molecule has 0 atom stereocenters. The van der Waals surface area contributed by atoms with Crippen molar-refractivity contribution in [1.82, 2.24) is 4.98 Å². The van der Waals surface area contributed by atoms with E-state index in [4.69, 9.17) is 0 Å². The number of pyridine rings is 1. The van der Waals surface area contributed by atoms with Crippen LogP contribution in [0.25, 0.3) is 10.9 Å². The average molecular weight is 257 g/mol. The first-order chi connectivity index (χ1) is 8.63. The molecule has 18 heavy (non-hydrogen) atoms. The van der Waals surface area contributed by atoms with Crippen molar-refractivity contribution in [3.63, 3.8) is 0 Å². The van der Waals surface area contributed by atoms with E-state index in [1.807, 2.05) is 0 Å². The van der Waals surface area contributed by atoms with Gasteiger partial charge < -0.3 is 0 Å². The first kappa shape index (κ1) is 11.7. The minimum absolute atomic E-state index is 0.277. The smallest absolute Gasteiger partial charge is 0.149 e. The molecule has 1 aliphatic heterocycles. The molecule has 0 N–H and O–H groups in total. The molecule has 0 unspecified atom stereocenters. The predicted molar refractivity (Wildman–Crippen MR) is 75.3 cm³/mol. The van der Waals surface area contributed by atoms with Crippen LogP contribution in [0.5, 0.6) is 0 Å². The predicted octanol–water partition coefficient (Wildman–Crippen LogP) is 3.58. The van der Waals surface area contributed by atoms with Crippen molar-refractivity contribution in [3.8, 4) is 0 Å². The van der Waals surface area contributed by atoms with Gasteiger partial charge >= 0.3 is 0 Å². The number of fused-ring (bicyclic) bond motifs is 2. The third-order valence-corrected chi connectivity index (χ3v) is 4.43. The Hall–Kier alpha value is -1.35. The molecule has 0 spiro atoms. The summed E-state index contributed by atoms with van der Waals surface area (Å²) in [6, 6.07) is 8.61. The number of benzene rings is 1. The molecule has 0 radical (unpaired) electrons. The maximum Gasteiger partial charge on any atom is 0.149 e. The Bertz CT molecular complexity index is 634. The van der Waals surface area contributed by atoms with Crippen LogP contribution in [-0.4, -0.2) is 16.5 Å². The van der Waals surface area contributed by atoms with Gasteiger partial charge in [0.25, 0.3) is 0 Å². The number of nitrogens with zero attached hydrogens (tertiary/aromatic N) is 1. The molecule has 2 nitrogen and oxygen atoms in total. The summed E-state index contributed by atoms with van der Waals surface area (Å²) in [6.45, 7) is 4.36. The number of aromatic nitrogens is 1. The summed E-state index contributed by atoms with van der Waals surface area (Å²) >= 11 is 1.61. The fraction of sp³-hybridized carbons (Fsp3) is 0.333. The van der Waals surface area contributed by atoms with Crippen molar-refractivity contribution in [2.45, 2.75) is 31.1 Å². The van der Waals surface area contributed by atoms with Gasteiger partial charge in [-0.3, -0.25) is 9.78 Å². The number of ketones is 1. The Morgan fingerprint density at radius 3 is 2.89 bits per heavy atom. The van der Waals surface area contributed by atoms with Crippen LogP contribution >= 0.6 is 11.8 Å². The molecular formula is C15H15NOS. The second-order valence-electron chi connectivity index (χ2n) is 5.04. The van der Waals surface area contributed by atoms with E-state index in [9.17, 15) is 4.79 Å². The van der Waals surface area contributed by atoms with Crippen LogP contribution < -0.4 is 0 Å². The van der Waals surface area contributed by atoms with Gasteiger partial charge in [-0.25, -0.2) is 0 Å². The van der Waals surface area contributed by atoms with Crippen molar-refractivity contribution in [3.05, 3.63) is 35.5 Å². The summed E-state index contributed by atoms with van der Waals surface area (Å²) in [5, 5.41) is 1.17. The molecule has 92 valence electrons. The zero-order chi connectivity index (χ0) is 12.7. The molecule has 0 saturated heterocycles. The second-order valence-corrected chi connectivity index (χ2v) is 6.06. The Morgan fingerprint density at radius 2 is 2.11 bits per heavy atom. The molecule has 0 bridgehead atoms. The molecule has 2 heterocycles. The van der Waals surface area contributed by atoms with Gasteiger partial charge in [-0.05, 0) is 23.6 Å². The summed E-state index contributed by atoms with van der Waals surface area (Å²) in [4.78, 5) is 17.3. The van der Waals surface area contributed by atoms with Gasteiger partial charge in [-0.15, -0.1) is 11.8 Å². The standard InChI is InChI=1S/C15H15NOS/c1-9(2)10-3-4-11-6-15-14(16-13(11)5-10)7-12(17)8-18-15/h3-6,9H,7-8H2,1-2H3. The Labute approximate surface area is 111 Å². The third kappa shape index (κ3) is 2.03. The molecule has 0 aliphatic carbocycles. The number of rotatable bonds is 1. The van der Waals surface area contributed by atoms with Crippen LogP contribution in [0, 0.1) is 0 Å². The summed E-state index contributed by atoms with van der Waals surface area (Å²) in [5.74, 6) is 1.37. The molecule has 3 heteroatoms. The van der Waals surface area contributed by atoms with Gasteiger partial charge in [0.15, 0.2) is 0 Å². The third-order valence-electron chi connectivity index (χ3n) is 3.30. The molecule has 1 aromatic heterocycles. The zero-order valence-electron chi connectivity index (χ0n) is 10.6. The van der Waals surface area contributed by atoms with Crippen LogP contribution in [0.2, 0.25) is 0 Å². The highest BCUT2D eigenvalue weighted by atomic mass is 32.2.